The molecule has 1 fully saturated rings. The van der Waals surface area contributed by atoms with Gasteiger partial charge in [-0.1, -0.05) is 23.2 Å². The van der Waals surface area contributed by atoms with Gasteiger partial charge in [0.05, 0.1) is 31.5 Å². The molecule has 3 aliphatic heterocycles. The minimum absolute atomic E-state index is 0.0466. The second-order valence-corrected chi connectivity index (χ2v) is 12.6. The molecular weight excluding hydrogens is 700 g/mol. The Balaban J connectivity index is 1.05. The van der Waals surface area contributed by atoms with E-state index in [-0.39, 0.29) is 56.0 Å². The summed E-state index contributed by atoms with van der Waals surface area (Å²) in [6, 6.07) is 14.8. The third-order valence-electron chi connectivity index (χ3n) is 9.12. The van der Waals surface area contributed by atoms with Crippen molar-refractivity contribution < 1.29 is 47.9 Å². The Morgan fingerprint density at radius 2 is 1.85 bits per heavy atom. The Kier molecular flexibility index (Phi) is 11.7. The lowest BCUT2D eigenvalue weighted by molar-refractivity contribution is -0.183. The Morgan fingerprint density at radius 1 is 1.06 bits per heavy atom. The molecule has 0 saturated carbocycles. The SMILES string of the molecule is C#CCOc1cc(O[C@H]2C[C@@H](N=O)C[C@@H](C(=O)O)O2)ccc1COC(=O)NCCc1cc2c(cc1OC)C(=O)N1C=C(c3ccc(OC)cc3)CC1C=N2. The van der Waals surface area contributed by atoms with Gasteiger partial charge in [0, 0.05) is 49.9 Å². The third kappa shape index (κ3) is 8.62. The van der Waals surface area contributed by atoms with E-state index in [1.165, 1.54) is 13.2 Å². The highest BCUT2D eigenvalue weighted by Crippen LogP contribution is 2.37. The van der Waals surface area contributed by atoms with Crippen molar-refractivity contribution in [3.63, 3.8) is 0 Å². The number of carboxylic acid groups (broad SMARTS) is 1. The van der Waals surface area contributed by atoms with Gasteiger partial charge in [-0.25, -0.2) is 9.59 Å². The molecule has 3 aromatic carbocycles. The molecular formula is C39H38N4O11. The van der Waals surface area contributed by atoms with Crippen molar-refractivity contribution >= 4 is 35.4 Å². The number of aliphatic carboxylic acids is 1. The Bertz CT molecular complexity index is 2010. The zero-order valence-electron chi connectivity index (χ0n) is 29.6. The van der Waals surface area contributed by atoms with Crippen molar-refractivity contribution in [3.05, 3.63) is 88.0 Å². The van der Waals surface area contributed by atoms with E-state index in [0.29, 0.717) is 35.4 Å². The van der Waals surface area contributed by atoms with Crippen LogP contribution in [0.3, 0.4) is 0 Å². The van der Waals surface area contributed by atoms with Gasteiger partial charge in [-0.15, -0.1) is 6.42 Å². The molecule has 3 heterocycles. The number of carbonyl (C=O) groups is 3. The minimum atomic E-state index is -1.23. The van der Waals surface area contributed by atoms with Crippen LogP contribution < -0.4 is 24.3 Å². The van der Waals surface area contributed by atoms with E-state index >= 15 is 0 Å². The number of ether oxygens (including phenoxy) is 6. The normalized spacial score (nSPS) is 20.0. The summed E-state index contributed by atoms with van der Waals surface area (Å²) in [4.78, 5) is 55.4. The maximum Gasteiger partial charge on any atom is 0.407 e. The van der Waals surface area contributed by atoms with Gasteiger partial charge >= 0.3 is 12.1 Å². The van der Waals surface area contributed by atoms with E-state index < -0.39 is 30.5 Å². The molecule has 0 spiro atoms. The molecule has 2 amide bonds. The zero-order chi connectivity index (χ0) is 38.2. The van der Waals surface area contributed by atoms with Gasteiger partial charge in [-0.3, -0.25) is 9.79 Å². The molecule has 15 heteroatoms. The van der Waals surface area contributed by atoms with Crippen molar-refractivity contribution in [3.8, 4) is 35.3 Å². The molecule has 0 aliphatic carbocycles. The lowest BCUT2D eigenvalue weighted by Gasteiger charge is -2.30. The first-order valence-corrected chi connectivity index (χ1v) is 17.1. The first-order chi connectivity index (χ1) is 26.2. The van der Waals surface area contributed by atoms with Crippen LogP contribution in [-0.4, -0.2) is 86.0 Å². The van der Waals surface area contributed by atoms with Crippen LogP contribution in [0.1, 0.15) is 46.3 Å². The van der Waals surface area contributed by atoms with Crippen molar-refractivity contribution in [2.24, 2.45) is 10.2 Å². The Hall–Kier alpha value is -6.40. The predicted molar refractivity (Wildman–Crippen MR) is 195 cm³/mol. The second kappa shape index (κ2) is 17.0. The number of nitroso groups, excluding NO2 is 1. The number of hydrogen-bond acceptors (Lipinski definition) is 12. The molecule has 1 unspecified atom stereocenters. The van der Waals surface area contributed by atoms with Crippen LogP contribution in [0.15, 0.2) is 71.0 Å². The number of methoxy groups -OCH3 is 2. The van der Waals surface area contributed by atoms with E-state index in [4.69, 9.17) is 34.8 Å². The number of alkyl carbamates (subject to hydrolysis) is 1. The van der Waals surface area contributed by atoms with Gasteiger partial charge in [-0.2, -0.15) is 4.91 Å². The monoisotopic (exact) mass is 738 g/mol. The van der Waals surface area contributed by atoms with Gasteiger partial charge in [0.15, 0.2) is 6.10 Å². The molecule has 4 atom stereocenters. The highest BCUT2D eigenvalue weighted by atomic mass is 16.7. The summed E-state index contributed by atoms with van der Waals surface area (Å²) >= 11 is 0. The van der Waals surface area contributed by atoms with Crippen molar-refractivity contribution in [2.75, 3.05) is 27.4 Å². The average molecular weight is 739 g/mol. The number of carbonyl (C=O) groups excluding carboxylic acids is 2. The second-order valence-electron chi connectivity index (χ2n) is 12.6. The van der Waals surface area contributed by atoms with E-state index in [9.17, 15) is 24.4 Å². The van der Waals surface area contributed by atoms with E-state index in [1.807, 2.05) is 30.5 Å². The summed E-state index contributed by atoms with van der Waals surface area (Å²) in [7, 11) is 3.13. The summed E-state index contributed by atoms with van der Waals surface area (Å²) in [5, 5.41) is 15.0. The number of carboxylic acids is 1. The fraction of sp³-hybridized carbons (Fsp3) is 0.333. The van der Waals surface area contributed by atoms with Crippen LogP contribution >= 0.6 is 0 Å². The molecule has 0 aromatic heterocycles. The topological polar surface area (TPSA) is 184 Å². The molecule has 3 aromatic rings. The number of aliphatic imine (C=N–C) groups is 1. The van der Waals surface area contributed by atoms with Gasteiger partial charge < -0.3 is 43.7 Å². The molecule has 54 heavy (non-hydrogen) atoms. The molecule has 280 valence electrons. The Morgan fingerprint density at radius 3 is 2.57 bits per heavy atom. The highest BCUT2D eigenvalue weighted by molar-refractivity contribution is 6.05. The lowest BCUT2D eigenvalue weighted by atomic mass is 10.0. The van der Waals surface area contributed by atoms with Gasteiger partial charge in [0.1, 0.15) is 42.3 Å². The molecule has 0 radical (unpaired) electrons. The number of fused-ring (bicyclic) bond motifs is 2. The molecule has 0 bridgehead atoms. The molecule has 15 nitrogen and oxygen atoms in total. The van der Waals surface area contributed by atoms with Crippen LogP contribution in [0, 0.1) is 17.3 Å². The summed E-state index contributed by atoms with van der Waals surface area (Å²) in [6.45, 7) is -0.0639. The van der Waals surface area contributed by atoms with Crippen LogP contribution in [-0.2, 0) is 27.3 Å². The van der Waals surface area contributed by atoms with Crippen LogP contribution in [0.4, 0.5) is 10.5 Å². The fourth-order valence-corrected chi connectivity index (χ4v) is 6.36. The van der Waals surface area contributed by atoms with Gasteiger partial charge in [0.25, 0.3) is 5.91 Å². The molecule has 6 rings (SSSR count). The van der Waals surface area contributed by atoms with E-state index in [1.54, 1.807) is 42.5 Å². The van der Waals surface area contributed by atoms with Crippen molar-refractivity contribution in [1.29, 1.82) is 0 Å². The molecule has 3 aliphatic rings. The summed E-state index contributed by atoms with van der Waals surface area (Å²) < 4.78 is 33.2. The number of amides is 2. The number of hydrogen-bond donors (Lipinski definition) is 2. The van der Waals surface area contributed by atoms with E-state index in [0.717, 1.165) is 22.4 Å². The first kappa shape index (κ1) is 37.4. The van der Waals surface area contributed by atoms with Crippen LogP contribution in [0.25, 0.3) is 5.57 Å². The first-order valence-electron chi connectivity index (χ1n) is 17.1. The summed E-state index contributed by atoms with van der Waals surface area (Å²) in [5.74, 6) is 2.73. The predicted octanol–water partition coefficient (Wildman–Crippen LogP) is 5.26. The van der Waals surface area contributed by atoms with Crippen LogP contribution in [0.5, 0.6) is 23.0 Å². The number of terminal acetylenes is 1. The molecule has 1 saturated heterocycles. The number of nitrogens with one attached hydrogen (secondary N) is 1. The lowest BCUT2D eigenvalue weighted by Crippen LogP contribution is -2.41. The highest BCUT2D eigenvalue weighted by Gasteiger charge is 2.36. The van der Waals surface area contributed by atoms with Crippen molar-refractivity contribution in [2.45, 2.75) is 56.8 Å². The zero-order valence-corrected chi connectivity index (χ0v) is 29.6. The fourth-order valence-electron chi connectivity index (χ4n) is 6.36. The Labute approximate surface area is 310 Å². The van der Waals surface area contributed by atoms with E-state index in [2.05, 4.69) is 21.4 Å². The van der Waals surface area contributed by atoms with Crippen LogP contribution in [0.2, 0.25) is 0 Å². The number of rotatable bonds is 14. The average Bonchev–Trinajstić information content (AvgIpc) is 3.57. The third-order valence-corrected chi connectivity index (χ3v) is 9.12. The quantitative estimate of drug-likeness (QED) is 0.163. The number of benzene rings is 3. The minimum Gasteiger partial charge on any atom is -0.497 e. The molecule has 2 N–H and O–H groups in total. The van der Waals surface area contributed by atoms with Gasteiger partial charge in [-0.05, 0) is 59.5 Å². The maximum absolute atomic E-state index is 13.7. The number of nitrogens with zero attached hydrogens (tertiary/aromatic N) is 3. The largest absolute Gasteiger partial charge is 0.497 e. The standard InChI is InChI=1S/C39H38N4O11/c1-4-13-51-34-18-30(53-36-17-27(42-48)16-35(54-36)38(45)46)10-7-25(34)22-52-39(47)40-12-11-24-15-32-31(19-33(24)50-3)37(44)43-21-26(14-28(43)20-41-32)23-5-8-29(49-2)9-6-23/h1,5-10,15,18-21,27-28,35-36H,11-14,16-17,22H2,2-3H3,(H,40,47)(H,45,46)/t27-,28?,35-,36+/m0/s1. The van der Waals surface area contributed by atoms with Crippen molar-refractivity contribution in [1.82, 2.24) is 10.2 Å². The smallest absolute Gasteiger partial charge is 0.407 e. The maximum atomic E-state index is 13.7. The summed E-state index contributed by atoms with van der Waals surface area (Å²) in [5.41, 5.74) is 4.16. The summed E-state index contributed by atoms with van der Waals surface area (Å²) in [6.07, 6.45) is 7.07. The van der Waals surface area contributed by atoms with Gasteiger partial charge in [0.2, 0.25) is 6.29 Å².